The molecule has 4 rings (SSSR count). The van der Waals surface area contributed by atoms with Crippen molar-refractivity contribution in [3.8, 4) is 5.75 Å². The third-order valence-corrected chi connectivity index (χ3v) is 7.29. The molecule has 0 spiro atoms. The molecular formula is C21H25N3O5S. The van der Waals surface area contributed by atoms with Gasteiger partial charge in [-0.3, -0.25) is 9.78 Å². The summed E-state index contributed by atoms with van der Waals surface area (Å²) in [6, 6.07) is 9.91. The Morgan fingerprint density at radius 3 is 2.37 bits per heavy atom. The minimum absolute atomic E-state index is 0.0549. The maximum absolute atomic E-state index is 12.8. The first-order valence-electron chi connectivity index (χ1n) is 10.1. The van der Waals surface area contributed by atoms with Crippen molar-refractivity contribution >= 4 is 15.9 Å². The highest BCUT2D eigenvalue weighted by molar-refractivity contribution is 7.89. The molecule has 2 aliphatic rings. The van der Waals surface area contributed by atoms with Crippen molar-refractivity contribution < 1.29 is 22.7 Å². The maximum atomic E-state index is 12.8. The number of piperidine rings is 1. The lowest BCUT2D eigenvalue weighted by Crippen LogP contribution is -2.42. The molecule has 30 heavy (non-hydrogen) atoms. The number of hydrogen-bond acceptors (Lipinski definition) is 6. The number of benzene rings is 1. The number of sulfonamides is 1. The lowest BCUT2D eigenvalue weighted by Gasteiger charge is -2.32. The zero-order valence-electron chi connectivity index (χ0n) is 16.6. The number of pyridine rings is 1. The van der Waals surface area contributed by atoms with Crippen molar-refractivity contribution in [2.45, 2.75) is 23.8 Å². The summed E-state index contributed by atoms with van der Waals surface area (Å²) in [5.74, 6) is 0.643. The van der Waals surface area contributed by atoms with Crippen LogP contribution < -0.4 is 4.74 Å². The maximum Gasteiger partial charge on any atom is 0.253 e. The molecule has 3 heterocycles. The van der Waals surface area contributed by atoms with E-state index in [1.807, 2.05) is 12.1 Å². The van der Waals surface area contributed by atoms with Crippen LogP contribution in [0.1, 0.15) is 23.2 Å². The van der Waals surface area contributed by atoms with E-state index in [1.165, 1.54) is 16.4 Å². The molecular weight excluding hydrogens is 406 g/mol. The first kappa shape index (κ1) is 20.8. The average Bonchev–Trinajstić information content (AvgIpc) is 2.80. The number of nitrogens with zero attached hydrogens (tertiary/aromatic N) is 3. The van der Waals surface area contributed by atoms with Gasteiger partial charge >= 0.3 is 0 Å². The lowest BCUT2D eigenvalue weighted by atomic mass is 10.1. The summed E-state index contributed by atoms with van der Waals surface area (Å²) in [6.45, 7) is 2.68. The van der Waals surface area contributed by atoms with E-state index in [4.69, 9.17) is 9.47 Å². The normalized spacial score (nSPS) is 18.9. The van der Waals surface area contributed by atoms with Gasteiger partial charge in [0, 0.05) is 50.8 Å². The molecule has 1 aromatic heterocycles. The van der Waals surface area contributed by atoms with Crippen LogP contribution in [0, 0.1) is 0 Å². The number of rotatable bonds is 5. The minimum atomic E-state index is -3.56. The number of hydrogen-bond donors (Lipinski definition) is 0. The molecule has 2 aliphatic heterocycles. The summed E-state index contributed by atoms with van der Waals surface area (Å²) in [7, 11) is -3.56. The van der Waals surface area contributed by atoms with Crippen LogP contribution in [-0.4, -0.2) is 74.0 Å². The van der Waals surface area contributed by atoms with Gasteiger partial charge in [0.25, 0.3) is 5.91 Å². The summed E-state index contributed by atoms with van der Waals surface area (Å²) in [5, 5.41) is 0. The van der Waals surface area contributed by atoms with Crippen LogP contribution in [0.25, 0.3) is 0 Å². The fraction of sp³-hybridized carbons (Fsp3) is 0.429. The Bertz CT molecular complexity index is 952. The molecule has 0 N–H and O–H groups in total. The molecule has 2 saturated heterocycles. The minimum Gasteiger partial charge on any atom is -0.489 e. The van der Waals surface area contributed by atoms with E-state index in [9.17, 15) is 13.2 Å². The van der Waals surface area contributed by atoms with Gasteiger partial charge in [-0.15, -0.1) is 0 Å². The van der Waals surface area contributed by atoms with Gasteiger partial charge in [0.1, 0.15) is 11.9 Å². The highest BCUT2D eigenvalue weighted by Gasteiger charge is 2.28. The molecule has 160 valence electrons. The Balaban J connectivity index is 1.35. The number of likely N-dealkylation sites (tertiary alicyclic amines) is 1. The van der Waals surface area contributed by atoms with Gasteiger partial charge in [-0.25, -0.2) is 8.42 Å². The Morgan fingerprint density at radius 2 is 1.73 bits per heavy atom. The number of carbonyl (C=O) groups excluding carboxylic acids is 1. The van der Waals surface area contributed by atoms with Gasteiger partial charge in [-0.05, 0) is 36.4 Å². The number of morpholine rings is 1. The molecule has 1 aromatic carbocycles. The van der Waals surface area contributed by atoms with E-state index in [0.717, 1.165) is 18.6 Å². The summed E-state index contributed by atoms with van der Waals surface area (Å²) in [4.78, 5) is 18.9. The summed E-state index contributed by atoms with van der Waals surface area (Å²) >= 11 is 0. The van der Waals surface area contributed by atoms with E-state index in [-0.39, 0.29) is 16.9 Å². The predicted molar refractivity (Wildman–Crippen MR) is 110 cm³/mol. The van der Waals surface area contributed by atoms with Crippen LogP contribution in [0.15, 0.2) is 53.7 Å². The van der Waals surface area contributed by atoms with Crippen LogP contribution in [0.2, 0.25) is 0 Å². The quantitative estimate of drug-likeness (QED) is 0.717. The second kappa shape index (κ2) is 9.11. The molecule has 2 fully saturated rings. The summed E-state index contributed by atoms with van der Waals surface area (Å²) < 4.78 is 38.0. The third kappa shape index (κ3) is 4.63. The van der Waals surface area contributed by atoms with Crippen molar-refractivity contribution in [2.75, 3.05) is 39.4 Å². The molecule has 8 nitrogen and oxygen atoms in total. The Labute approximate surface area is 176 Å². The lowest BCUT2D eigenvalue weighted by molar-refractivity contribution is 0.0595. The van der Waals surface area contributed by atoms with Crippen LogP contribution in [-0.2, 0) is 14.8 Å². The topological polar surface area (TPSA) is 89.0 Å². The molecule has 0 radical (unpaired) electrons. The van der Waals surface area contributed by atoms with Gasteiger partial charge < -0.3 is 14.4 Å². The van der Waals surface area contributed by atoms with Crippen molar-refractivity contribution in [3.05, 3.63) is 54.4 Å². The van der Waals surface area contributed by atoms with E-state index < -0.39 is 10.0 Å². The molecule has 0 unspecified atom stereocenters. The third-order valence-electron chi connectivity index (χ3n) is 5.38. The molecule has 2 aromatic rings. The standard InChI is InChI=1S/C21H25N3O5S/c25-21(23-10-7-18(8-11-23)29-19-2-1-9-22-16-19)17-3-5-20(6-4-17)30(26,27)24-12-14-28-15-13-24/h1-6,9,16,18H,7-8,10-15H2. The fourth-order valence-corrected chi connectivity index (χ4v) is 5.08. The van der Waals surface area contributed by atoms with Crippen molar-refractivity contribution in [1.29, 1.82) is 0 Å². The van der Waals surface area contributed by atoms with E-state index in [0.29, 0.717) is 45.0 Å². The highest BCUT2D eigenvalue weighted by atomic mass is 32.2. The van der Waals surface area contributed by atoms with Crippen molar-refractivity contribution in [2.24, 2.45) is 0 Å². The first-order chi connectivity index (χ1) is 14.5. The van der Waals surface area contributed by atoms with Crippen LogP contribution in [0.3, 0.4) is 0 Å². The van der Waals surface area contributed by atoms with Gasteiger partial charge in [0.15, 0.2) is 0 Å². The molecule has 0 atom stereocenters. The Morgan fingerprint density at radius 1 is 1.03 bits per heavy atom. The zero-order chi connectivity index (χ0) is 21.0. The van der Waals surface area contributed by atoms with E-state index >= 15 is 0 Å². The first-order valence-corrected chi connectivity index (χ1v) is 11.5. The average molecular weight is 432 g/mol. The van der Waals surface area contributed by atoms with Gasteiger partial charge in [0.05, 0.1) is 24.3 Å². The van der Waals surface area contributed by atoms with Crippen LogP contribution in [0.5, 0.6) is 5.75 Å². The molecule has 0 saturated carbocycles. The van der Waals surface area contributed by atoms with E-state index in [2.05, 4.69) is 4.98 Å². The second-order valence-corrected chi connectivity index (χ2v) is 9.28. The van der Waals surface area contributed by atoms with E-state index in [1.54, 1.807) is 29.4 Å². The van der Waals surface area contributed by atoms with Crippen LogP contribution in [0.4, 0.5) is 0 Å². The van der Waals surface area contributed by atoms with Crippen molar-refractivity contribution in [3.63, 3.8) is 0 Å². The summed E-state index contributed by atoms with van der Waals surface area (Å²) in [5.41, 5.74) is 0.488. The summed E-state index contributed by atoms with van der Waals surface area (Å²) in [6.07, 6.45) is 4.92. The SMILES string of the molecule is O=C(c1ccc(S(=O)(=O)N2CCOCC2)cc1)N1CCC(Oc2cccnc2)CC1. The predicted octanol–water partition coefficient (Wildman–Crippen LogP) is 1.79. The zero-order valence-corrected chi connectivity index (χ0v) is 17.5. The number of amides is 1. The fourth-order valence-electron chi connectivity index (χ4n) is 3.67. The smallest absolute Gasteiger partial charge is 0.253 e. The number of ether oxygens (including phenoxy) is 2. The van der Waals surface area contributed by atoms with Gasteiger partial charge in [-0.2, -0.15) is 4.31 Å². The van der Waals surface area contributed by atoms with Gasteiger partial charge in [0.2, 0.25) is 10.0 Å². The largest absolute Gasteiger partial charge is 0.489 e. The number of aromatic nitrogens is 1. The Hall–Kier alpha value is -2.49. The molecule has 0 bridgehead atoms. The monoisotopic (exact) mass is 431 g/mol. The van der Waals surface area contributed by atoms with Gasteiger partial charge in [-0.1, -0.05) is 0 Å². The molecule has 0 aliphatic carbocycles. The number of carbonyl (C=O) groups is 1. The second-order valence-electron chi connectivity index (χ2n) is 7.34. The molecule has 9 heteroatoms. The Kier molecular flexibility index (Phi) is 6.31. The highest BCUT2D eigenvalue weighted by Crippen LogP contribution is 2.21. The van der Waals surface area contributed by atoms with Crippen LogP contribution >= 0.6 is 0 Å². The van der Waals surface area contributed by atoms with Crippen molar-refractivity contribution in [1.82, 2.24) is 14.2 Å². The molecule has 1 amide bonds.